The van der Waals surface area contributed by atoms with Gasteiger partial charge in [-0.25, -0.2) is 0 Å². The fourth-order valence-corrected chi connectivity index (χ4v) is 1.87. The third-order valence-electron chi connectivity index (χ3n) is 3.04. The third-order valence-corrected chi connectivity index (χ3v) is 3.04. The summed E-state index contributed by atoms with van der Waals surface area (Å²) in [6.45, 7) is 0.0263. The van der Waals surface area contributed by atoms with Gasteiger partial charge >= 0.3 is 0 Å². The zero-order chi connectivity index (χ0) is 17.0. The summed E-state index contributed by atoms with van der Waals surface area (Å²) in [4.78, 5) is 35.7. The number of rotatable bonds is 5. The van der Waals surface area contributed by atoms with Gasteiger partial charge in [0.05, 0.1) is 18.2 Å². The van der Waals surface area contributed by atoms with Crippen molar-refractivity contribution < 1.29 is 19.6 Å². The monoisotopic (exact) mass is 319 g/mol. The van der Waals surface area contributed by atoms with E-state index >= 15 is 0 Å². The summed E-state index contributed by atoms with van der Waals surface area (Å²) >= 11 is 0. The van der Waals surface area contributed by atoms with Gasteiger partial charge in [-0.05, 0) is 17.7 Å². The Balaban J connectivity index is 2.14. The van der Waals surface area contributed by atoms with E-state index in [1.54, 1.807) is 6.07 Å². The normalized spacial score (nSPS) is 10.1. The summed E-state index contributed by atoms with van der Waals surface area (Å²) in [6, 6.07) is 5.45. The molecule has 0 radical (unpaired) electrons. The minimum absolute atomic E-state index is 0.0263. The SMILES string of the molecule is COc1ccc(CNC(=O)c2cc([N+](=O)[O-])c[nH]c2=O)cc1O. The Morgan fingerprint density at radius 3 is 2.78 bits per heavy atom. The highest BCUT2D eigenvalue weighted by Crippen LogP contribution is 2.26. The number of aromatic amines is 1. The lowest BCUT2D eigenvalue weighted by atomic mass is 10.2. The van der Waals surface area contributed by atoms with Crippen LogP contribution in [0.25, 0.3) is 0 Å². The number of hydrogen-bond donors (Lipinski definition) is 3. The van der Waals surface area contributed by atoms with Crippen molar-refractivity contribution in [3.05, 3.63) is 62.1 Å². The van der Waals surface area contributed by atoms with E-state index in [0.717, 1.165) is 12.3 Å². The molecule has 1 amide bonds. The van der Waals surface area contributed by atoms with E-state index in [-0.39, 0.29) is 23.6 Å². The number of aromatic nitrogens is 1. The number of hydrogen-bond acceptors (Lipinski definition) is 6. The second-order valence-electron chi connectivity index (χ2n) is 4.55. The van der Waals surface area contributed by atoms with E-state index in [1.807, 2.05) is 0 Å². The molecule has 2 rings (SSSR count). The molecule has 120 valence electrons. The van der Waals surface area contributed by atoms with Gasteiger partial charge < -0.3 is 20.1 Å². The first-order chi connectivity index (χ1) is 10.9. The lowest BCUT2D eigenvalue weighted by Gasteiger charge is -2.07. The van der Waals surface area contributed by atoms with E-state index in [4.69, 9.17) is 4.74 Å². The molecule has 1 heterocycles. The Morgan fingerprint density at radius 2 is 2.17 bits per heavy atom. The fourth-order valence-electron chi connectivity index (χ4n) is 1.87. The zero-order valence-corrected chi connectivity index (χ0v) is 12.0. The van der Waals surface area contributed by atoms with Crippen molar-refractivity contribution in [3.8, 4) is 11.5 Å². The molecule has 3 N–H and O–H groups in total. The second-order valence-corrected chi connectivity index (χ2v) is 4.55. The van der Waals surface area contributed by atoms with Crippen LogP contribution < -0.4 is 15.6 Å². The molecule has 0 saturated carbocycles. The molecule has 1 aromatic carbocycles. The summed E-state index contributed by atoms with van der Waals surface area (Å²) in [6.07, 6.45) is 0.917. The molecule has 1 aromatic heterocycles. The van der Waals surface area contributed by atoms with Crippen LogP contribution in [-0.2, 0) is 6.54 Å². The Morgan fingerprint density at radius 1 is 1.43 bits per heavy atom. The van der Waals surface area contributed by atoms with Crippen LogP contribution in [0.15, 0.2) is 35.3 Å². The van der Waals surface area contributed by atoms with E-state index < -0.39 is 22.1 Å². The van der Waals surface area contributed by atoms with Crippen molar-refractivity contribution in [2.75, 3.05) is 7.11 Å². The van der Waals surface area contributed by atoms with Gasteiger partial charge in [-0.15, -0.1) is 0 Å². The number of carbonyl (C=O) groups is 1. The van der Waals surface area contributed by atoms with Gasteiger partial charge in [0.25, 0.3) is 17.2 Å². The number of aromatic hydroxyl groups is 1. The quantitative estimate of drug-likeness (QED) is 0.554. The standard InChI is InChI=1S/C14H13N3O6/c1-23-12-3-2-8(4-11(12)18)6-15-13(19)10-5-9(17(21)22)7-16-14(10)20/h2-5,7,18H,6H2,1H3,(H,15,19)(H,16,20). The molecular formula is C14H13N3O6. The Hall–Kier alpha value is -3.36. The van der Waals surface area contributed by atoms with E-state index in [1.165, 1.54) is 19.2 Å². The molecule has 23 heavy (non-hydrogen) atoms. The van der Waals surface area contributed by atoms with Crippen LogP contribution >= 0.6 is 0 Å². The van der Waals surface area contributed by atoms with Gasteiger partial charge in [0.1, 0.15) is 5.56 Å². The topological polar surface area (TPSA) is 135 Å². The van der Waals surface area contributed by atoms with Crippen molar-refractivity contribution >= 4 is 11.6 Å². The molecule has 9 heteroatoms. The van der Waals surface area contributed by atoms with Crippen molar-refractivity contribution in [1.29, 1.82) is 0 Å². The van der Waals surface area contributed by atoms with Gasteiger partial charge in [0.2, 0.25) is 0 Å². The minimum Gasteiger partial charge on any atom is -0.504 e. The van der Waals surface area contributed by atoms with Crippen molar-refractivity contribution in [1.82, 2.24) is 10.3 Å². The molecule has 0 unspecified atom stereocenters. The number of pyridine rings is 1. The predicted molar refractivity (Wildman–Crippen MR) is 79.5 cm³/mol. The number of nitro groups is 1. The molecule has 0 aliphatic rings. The molecule has 0 spiro atoms. The first kappa shape index (κ1) is 16.0. The first-order valence-corrected chi connectivity index (χ1v) is 6.43. The van der Waals surface area contributed by atoms with E-state index in [0.29, 0.717) is 5.56 Å². The maximum absolute atomic E-state index is 12.0. The van der Waals surface area contributed by atoms with Crippen LogP contribution in [0.1, 0.15) is 15.9 Å². The molecule has 2 aromatic rings. The number of phenolic OH excluding ortho intramolecular Hbond substituents is 1. The molecule has 0 fully saturated rings. The van der Waals surface area contributed by atoms with Gasteiger partial charge in [-0.3, -0.25) is 19.7 Å². The summed E-state index contributed by atoms with van der Waals surface area (Å²) < 4.78 is 4.90. The van der Waals surface area contributed by atoms with Crippen molar-refractivity contribution in [3.63, 3.8) is 0 Å². The number of benzene rings is 1. The van der Waals surface area contributed by atoms with Crippen molar-refractivity contribution in [2.45, 2.75) is 6.54 Å². The maximum Gasteiger partial charge on any atom is 0.286 e. The van der Waals surface area contributed by atoms with Crippen molar-refractivity contribution in [2.24, 2.45) is 0 Å². The number of phenols is 1. The molecule has 0 aliphatic carbocycles. The third kappa shape index (κ3) is 3.64. The second kappa shape index (κ2) is 6.60. The lowest BCUT2D eigenvalue weighted by Crippen LogP contribution is -2.29. The van der Waals surface area contributed by atoms with Crippen LogP contribution in [0.4, 0.5) is 5.69 Å². The minimum atomic E-state index is -0.759. The smallest absolute Gasteiger partial charge is 0.286 e. The lowest BCUT2D eigenvalue weighted by molar-refractivity contribution is -0.385. The average molecular weight is 319 g/mol. The molecule has 0 saturated heterocycles. The number of H-pyrrole nitrogens is 1. The van der Waals surface area contributed by atoms with E-state index in [2.05, 4.69) is 10.3 Å². The number of carbonyl (C=O) groups excluding carboxylic acids is 1. The summed E-state index contributed by atoms with van der Waals surface area (Å²) in [5, 5.41) is 22.8. The molecule has 0 aliphatic heterocycles. The van der Waals surface area contributed by atoms with E-state index in [9.17, 15) is 24.8 Å². The highest BCUT2D eigenvalue weighted by Gasteiger charge is 2.16. The Bertz CT molecular complexity index is 814. The number of ether oxygens (including phenoxy) is 1. The Labute approximate surface area is 129 Å². The van der Waals surface area contributed by atoms with Gasteiger partial charge in [0, 0.05) is 12.6 Å². The van der Waals surface area contributed by atoms with Gasteiger partial charge in [-0.1, -0.05) is 6.07 Å². The molecule has 0 bridgehead atoms. The summed E-state index contributed by atoms with van der Waals surface area (Å²) in [7, 11) is 1.41. The van der Waals surface area contributed by atoms with Gasteiger partial charge in [0.15, 0.2) is 11.5 Å². The highest BCUT2D eigenvalue weighted by molar-refractivity contribution is 5.94. The van der Waals surface area contributed by atoms with Crippen LogP contribution in [0, 0.1) is 10.1 Å². The summed E-state index contributed by atoms with van der Waals surface area (Å²) in [5.41, 5.74) is -0.919. The number of nitrogens with zero attached hydrogens (tertiary/aromatic N) is 1. The maximum atomic E-state index is 12.0. The Kier molecular flexibility index (Phi) is 4.60. The fraction of sp³-hybridized carbons (Fsp3) is 0.143. The average Bonchev–Trinajstić information content (AvgIpc) is 2.53. The molecule has 9 nitrogen and oxygen atoms in total. The largest absolute Gasteiger partial charge is 0.504 e. The predicted octanol–water partition coefficient (Wildman–Crippen LogP) is 0.927. The molecular weight excluding hydrogens is 306 g/mol. The van der Waals surface area contributed by atoms with Crippen LogP contribution in [0.5, 0.6) is 11.5 Å². The summed E-state index contributed by atoms with van der Waals surface area (Å²) in [5.74, 6) is -0.562. The number of methoxy groups -OCH3 is 1. The first-order valence-electron chi connectivity index (χ1n) is 6.43. The number of nitrogens with one attached hydrogen (secondary N) is 2. The zero-order valence-electron chi connectivity index (χ0n) is 12.0. The van der Waals surface area contributed by atoms with Gasteiger partial charge in [-0.2, -0.15) is 0 Å². The van der Waals surface area contributed by atoms with Crippen LogP contribution in [0.2, 0.25) is 0 Å². The number of amides is 1. The molecule has 0 atom stereocenters. The van der Waals surface area contributed by atoms with Crippen LogP contribution in [0.3, 0.4) is 0 Å². The van der Waals surface area contributed by atoms with Crippen LogP contribution in [-0.4, -0.2) is 28.0 Å². The highest BCUT2D eigenvalue weighted by atomic mass is 16.6.